The van der Waals surface area contributed by atoms with E-state index in [2.05, 4.69) is 25.5 Å². The summed E-state index contributed by atoms with van der Waals surface area (Å²) in [5, 5.41) is 8.75. The summed E-state index contributed by atoms with van der Waals surface area (Å²) in [6.45, 7) is 5.45. The second-order valence-electron chi connectivity index (χ2n) is 7.77. The van der Waals surface area contributed by atoms with Gasteiger partial charge in [0.1, 0.15) is 0 Å². The Balaban J connectivity index is 1.39. The van der Waals surface area contributed by atoms with Crippen LogP contribution in [0.4, 0.5) is 16.3 Å². The van der Waals surface area contributed by atoms with Crippen molar-refractivity contribution in [2.75, 3.05) is 30.4 Å². The van der Waals surface area contributed by atoms with Crippen molar-refractivity contribution in [1.82, 2.24) is 15.3 Å². The molecule has 7 nitrogen and oxygen atoms in total. The number of carbonyl (C=O) groups excluding carboxylic acids is 1. The summed E-state index contributed by atoms with van der Waals surface area (Å²) in [5.41, 5.74) is 2.67. The van der Waals surface area contributed by atoms with Crippen LogP contribution in [0.25, 0.3) is 10.8 Å². The number of rotatable bonds is 4. The number of piperidine rings is 1. The highest BCUT2D eigenvalue weighted by Gasteiger charge is 2.23. The number of anilines is 2. The lowest BCUT2D eigenvalue weighted by atomic mass is 10.1. The Morgan fingerprint density at radius 2 is 1.90 bits per heavy atom. The van der Waals surface area contributed by atoms with Crippen molar-refractivity contribution >= 4 is 39.9 Å². The van der Waals surface area contributed by atoms with Gasteiger partial charge in [-0.25, -0.2) is 4.79 Å². The average Bonchev–Trinajstić information content (AvgIpc) is 2.75. The maximum Gasteiger partial charge on any atom is 0.319 e. The van der Waals surface area contributed by atoms with Crippen LogP contribution in [0, 0.1) is 13.8 Å². The molecule has 1 fully saturated rings. The van der Waals surface area contributed by atoms with Gasteiger partial charge in [0.25, 0.3) is 0 Å². The highest BCUT2D eigenvalue weighted by molar-refractivity contribution is 6.33. The number of halogens is 1. The van der Waals surface area contributed by atoms with Crippen LogP contribution in [-0.4, -0.2) is 42.2 Å². The number of carbonyl (C=O) groups is 1. The zero-order valence-electron chi connectivity index (χ0n) is 17.9. The zero-order chi connectivity index (χ0) is 22.0. The van der Waals surface area contributed by atoms with Gasteiger partial charge < -0.3 is 20.3 Å². The summed E-state index contributed by atoms with van der Waals surface area (Å²) in [4.78, 5) is 23.8. The van der Waals surface area contributed by atoms with E-state index in [4.69, 9.17) is 16.3 Å². The molecule has 0 radical (unpaired) electrons. The van der Waals surface area contributed by atoms with Crippen LogP contribution in [0.2, 0.25) is 5.02 Å². The van der Waals surface area contributed by atoms with E-state index >= 15 is 0 Å². The van der Waals surface area contributed by atoms with Gasteiger partial charge in [0.2, 0.25) is 5.88 Å². The topological polar surface area (TPSA) is 79.4 Å². The molecule has 162 valence electrons. The van der Waals surface area contributed by atoms with Gasteiger partial charge in [-0.2, -0.15) is 4.98 Å². The van der Waals surface area contributed by atoms with Crippen LogP contribution in [0.3, 0.4) is 0 Å². The number of benzene rings is 1. The monoisotopic (exact) mass is 439 g/mol. The van der Waals surface area contributed by atoms with Crippen molar-refractivity contribution in [3.05, 3.63) is 52.8 Å². The molecule has 0 aliphatic carbocycles. The first-order valence-electron chi connectivity index (χ1n) is 10.3. The molecule has 0 saturated carbocycles. The lowest BCUT2D eigenvalue weighted by molar-refractivity contribution is 0.246. The Bertz CT molecular complexity index is 1110. The molecule has 31 heavy (non-hydrogen) atoms. The van der Waals surface area contributed by atoms with E-state index in [0.717, 1.165) is 59.6 Å². The number of aromatic nitrogens is 2. The number of aryl methyl sites for hydroxylation is 2. The molecular formula is C23H26ClN5O2. The SMILES string of the molecule is COc1ccc(Cl)c(N2CCC(NC(=O)Nc3cccc4c(C)nc(C)cc34)CC2)n1. The summed E-state index contributed by atoms with van der Waals surface area (Å²) in [6, 6.07) is 11.3. The third-order valence-corrected chi connectivity index (χ3v) is 5.88. The third-order valence-electron chi connectivity index (χ3n) is 5.58. The van der Waals surface area contributed by atoms with Crippen molar-refractivity contribution in [1.29, 1.82) is 0 Å². The summed E-state index contributed by atoms with van der Waals surface area (Å²) >= 11 is 6.32. The molecule has 3 heterocycles. The molecule has 0 bridgehead atoms. The number of hydrogen-bond acceptors (Lipinski definition) is 5. The number of fused-ring (bicyclic) bond motifs is 1. The first-order valence-corrected chi connectivity index (χ1v) is 10.7. The zero-order valence-corrected chi connectivity index (χ0v) is 18.7. The maximum atomic E-state index is 12.7. The summed E-state index contributed by atoms with van der Waals surface area (Å²) in [5.74, 6) is 1.26. The van der Waals surface area contributed by atoms with E-state index < -0.39 is 0 Å². The number of nitrogens with one attached hydrogen (secondary N) is 2. The normalized spacial score (nSPS) is 14.5. The van der Waals surface area contributed by atoms with Crippen molar-refractivity contribution in [3.8, 4) is 5.88 Å². The summed E-state index contributed by atoms with van der Waals surface area (Å²) < 4.78 is 5.21. The molecule has 2 amide bonds. The van der Waals surface area contributed by atoms with Gasteiger partial charge in [0.15, 0.2) is 5.82 Å². The Morgan fingerprint density at radius 3 is 2.65 bits per heavy atom. The minimum absolute atomic E-state index is 0.0840. The fourth-order valence-electron chi connectivity index (χ4n) is 4.04. The lowest BCUT2D eigenvalue weighted by Gasteiger charge is -2.33. The molecule has 0 atom stereocenters. The van der Waals surface area contributed by atoms with Crippen molar-refractivity contribution < 1.29 is 9.53 Å². The van der Waals surface area contributed by atoms with E-state index in [1.54, 1.807) is 19.2 Å². The maximum absolute atomic E-state index is 12.7. The van der Waals surface area contributed by atoms with Gasteiger partial charge in [-0.1, -0.05) is 23.7 Å². The Kier molecular flexibility index (Phi) is 6.13. The quantitative estimate of drug-likeness (QED) is 0.616. The molecule has 1 aliphatic heterocycles. The van der Waals surface area contributed by atoms with E-state index in [-0.39, 0.29) is 12.1 Å². The van der Waals surface area contributed by atoms with Crippen LogP contribution in [0.15, 0.2) is 36.4 Å². The molecule has 8 heteroatoms. The van der Waals surface area contributed by atoms with Crippen LogP contribution < -0.4 is 20.3 Å². The minimum atomic E-state index is -0.199. The van der Waals surface area contributed by atoms with Gasteiger partial charge in [-0.05, 0) is 44.9 Å². The Hall–Kier alpha value is -3.06. The van der Waals surface area contributed by atoms with Crippen LogP contribution in [0.1, 0.15) is 24.2 Å². The van der Waals surface area contributed by atoms with Crippen molar-refractivity contribution in [3.63, 3.8) is 0 Å². The van der Waals surface area contributed by atoms with Crippen molar-refractivity contribution in [2.45, 2.75) is 32.7 Å². The molecular weight excluding hydrogens is 414 g/mol. The van der Waals surface area contributed by atoms with E-state index in [9.17, 15) is 4.79 Å². The summed E-state index contributed by atoms with van der Waals surface area (Å²) in [7, 11) is 1.59. The average molecular weight is 440 g/mol. The first-order chi connectivity index (χ1) is 14.9. The van der Waals surface area contributed by atoms with Crippen LogP contribution >= 0.6 is 11.6 Å². The first kappa shape index (κ1) is 21.2. The second-order valence-corrected chi connectivity index (χ2v) is 8.18. The largest absolute Gasteiger partial charge is 0.481 e. The predicted octanol–water partition coefficient (Wildman–Crippen LogP) is 4.70. The highest BCUT2D eigenvalue weighted by Crippen LogP contribution is 2.29. The molecule has 1 saturated heterocycles. The molecule has 4 rings (SSSR count). The third kappa shape index (κ3) is 4.66. The number of nitrogens with zero attached hydrogens (tertiary/aromatic N) is 3. The molecule has 0 unspecified atom stereocenters. The van der Waals surface area contributed by atoms with E-state index in [0.29, 0.717) is 10.9 Å². The standard InChI is InChI=1S/C23H26ClN5O2/c1-14-13-18-17(15(2)25-14)5-4-6-20(18)27-23(30)26-16-9-11-29(12-10-16)22-19(24)7-8-21(28-22)31-3/h4-8,13,16H,9-12H2,1-3H3,(H2,26,27,30). The van der Waals surface area contributed by atoms with Crippen molar-refractivity contribution in [2.24, 2.45) is 0 Å². The number of hydrogen-bond donors (Lipinski definition) is 2. The number of ether oxygens (including phenoxy) is 1. The molecule has 1 aromatic carbocycles. The van der Waals surface area contributed by atoms with Gasteiger partial charge >= 0.3 is 6.03 Å². The van der Waals surface area contributed by atoms with Gasteiger partial charge in [0, 0.05) is 47.4 Å². The van der Waals surface area contributed by atoms with Crippen LogP contribution in [-0.2, 0) is 0 Å². The number of amides is 2. The van der Waals surface area contributed by atoms with Crippen LogP contribution in [0.5, 0.6) is 5.88 Å². The Labute approximate surface area is 186 Å². The molecule has 2 aromatic heterocycles. The molecule has 3 aromatic rings. The highest BCUT2D eigenvalue weighted by atomic mass is 35.5. The summed E-state index contributed by atoms with van der Waals surface area (Å²) in [6.07, 6.45) is 1.61. The minimum Gasteiger partial charge on any atom is -0.481 e. The fourth-order valence-corrected chi connectivity index (χ4v) is 4.26. The lowest BCUT2D eigenvalue weighted by Crippen LogP contribution is -2.46. The fraction of sp³-hybridized carbons (Fsp3) is 0.348. The van der Waals surface area contributed by atoms with E-state index in [1.807, 2.05) is 38.1 Å². The van der Waals surface area contributed by atoms with E-state index in [1.165, 1.54) is 0 Å². The Morgan fingerprint density at radius 1 is 1.13 bits per heavy atom. The van der Waals surface area contributed by atoms with Gasteiger partial charge in [-0.15, -0.1) is 0 Å². The molecule has 2 N–H and O–H groups in total. The number of urea groups is 1. The number of pyridine rings is 2. The van der Waals surface area contributed by atoms with Gasteiger partial charge in [-0.3, -0.25) is 4.98 Å². The number of methoxy groups -OCH3 is 1. The molecule has 1 aliphatic rings. The molecule has 0 spiro atoms. The van der Waals surface area contributed by atoms with Gasteiger partial charge in [0.05, 0.1) is 17.8 Å². The second kappa shape index (κ2) is 8.98. The smallest absolute Gasteiger partial charge is 0.319 e. The predicted molar refractivity (Wildman–Crippen MR) is 124 cm³/mol.